The number of hydrogen-bond donors (Lipinski definition) is 1. The molecule has 0 unspecified atom stereocenters. The van der Waals surface area contributed by atoms with Crippen molar-refractivity contribution >= 4 is 6.09 Å². The maximum atomic E-state index is 10.8. The van der Waals surface area contributed by atoms with Crippen molar-refractivity contribution in [2.75, 3.05) is 0 Å². The van der Waals surface area contributed by atoms with Crippen molar-refractivity contribution in [2.45, 2.75) is 26.9 Å². The number of rotatable bonds is 0. The largest absolute Gasteiger partial charge is 0.465 e. The molecule has 0 spiro atoms. The average molecular weight is 192 g/mol. The molecule has 0 fully saturated rings. The number of pyridine rings is 1. The maximum absolute atomic E-state index is 10.8. The highest BCUT2D eigenvalue weighted by molar-refractivity contribution is 5.66. The van der Waals surface area contributed by atoms with E-state index in [1.165, 1.54) is 4.90 Å². The molecule has 0 atom stereocenters. The Hall–Kier alpha value is -1.58. The zero-order chi connectivity index (χ0) is 10.3. The summed E-state index contributed by atoms with van der Waals surface area (Å²) in [6.07, 6.45) is 0.916. The van der Waals surface area contributed by atoms with E-state index in [2.05, 4.69) is 4.98 Å². The summed E-state index contributed by atoms with van der Waals surface area (Å²) in [5.41, 5.74) is 4.26. The summed E-state index contributed by atoms with van der Waals surface area (Å²) in [6, 6.07) is 0. The van der Waals surface area contributed by atoms with Crippen LogP contribution in [0.5, 0.6) is 0 Å². The smallest absolute Gasteiger partial charge is 0.407 e. The lowest BCUT2D eigenvalue weighted by Crippen LogP contribution is -2.22. The van der Waals surface area contributed by atoms with Gasteiger partial charge in [-0.3, -0.25) is 9.88 Å². The fourth-order valence-electron chi connectivity index (χ4n) is 1.75. The zero-order valence-electron chi connectivity index (χ0n) is 8.24. The number of hydrogen-bond acceptors (Lipinski definition) is 2. The summed E-state index contributed by atoms with van der Waals surface area (Å²) in [5.74, 6) is 0. The van der Waals surface area contributed by atoms with Gasteiger partial charge in [0.15, 0.2) is 0 Å². The quantitative estimate of drug-likeness (QED) is 0.680. The normalized spacial score (nSPS) is 14.3. The third kappa shape index (κ3) is 1.23. The van der Waals surface area contributed by atoms with E-state index in [0.29, 0.717) is 13.1 Å². The van der Waals surface area contributed by atoms with Crippen LogP contribution in [0.25, 0.3) is 0 Å². The minimum absolute atomic E-state index is 0.471. The highest BCUT2D eigenvalue weighted by atomic mass is 16.4. The van der Waals surface area contributed by atoms with E-state index in [-0.39, 0.29) is 0 Å². The maximum Gasteiger partial charge on any atom is 0.407 e. The molecule has 1 aliphatic heterocycles. The Kier molecular flexibility index (Phi) is 1.91. The summed E-state index contributed by atoms with van der Waals surface area (Å²) < 4.78 is 0. The molecule has 4 nitrogen and oxygen atoms in total. The van der Waals surface area contributed by atoms with Crippen LogP contribution in [0.1, 0.15) is 22.4 Å². The first-order valence-corrected chi connectivity index (χ1v) is 4.51. The van der Waals surface area contributed by atoms with Gasteiger partial charge in [0, 0.05) is 11.9 Å². The second-order valence-electron chi connectivity index (χ2n) is 3.61. The van der Waals surface area contributed by atoms with Crippen LogP contribution in [-0.4, -0.2) is 21.1 Å². The van der Waals surface area contributed by atoms with Gasteiger partial charge >= 0.3 is 6.09 Å². The van der Waals surface area contributed by atoms with Gasteiger partial charge in [0.1, 0.15) is 0 Å². The number of nitrogens with zero attached hydrogens (tertiary/aromatic N) is 2. The van der Waals surface area contributed by atoms with Crippen LogP contribution >= 0.6 is 0 Å². The molecule has 0 saturated carbocycles. The average Bonchev–Trinajstić information content (AvgIpc) is 2.56. The van der Waals surface area contributed by atoms with Crippen molar-refractivity contribution in [3.05, 3.63) is 28.6 Å². The minimum Gasteiger partial charge on any atom is -0.465 e. The number of amides is 1. The zero-order valence-corrected chi connectivity index (χ0v) is 8.24. The van der Waals surface area contributed by atoms with Crippen LogP contribution in [0.15, 0.2) is 6.20 Å². The van der Waals surface area contributed by atoms with Gasteiger partial charge in [-0.25, -0.2) is 4.79 Å². The van der Waals surface area contributed by atoms with E-state index in [4.69, 9.17) is 5.11 Å². The van der Waals surface area contributed by atoms with Gasteiger partial charge in [0.2, 0.25) is 0 Å². The van der Waals surface area contributed by atoms with E-state index in [9.17, 15) is 4.79 Å². The van der Waals surface area contributed by atoms with Crippen molar-refractivity contribution < 1.29 is 9.90 Å². The first-order chi connectivity index (χ1) is 6.59. The minimum atomic E-state index is -0.863. The summed E-state index contributed by atoms with van der Waals surface area (Å²) in [6.45, 7) is 4.91. The molecule has 1 aromatic rings. The Labute approximate surface area is 82.2 Å². The van der Waals surface area contributed by atoms with Crippen molar-refractivity contribution in [2.24, 2.45) is 0 Å². The first kappa shape index (κ1) is 8.99. The Morgan fingerprint density at radius 2 is 2.21 bits per heavy atom. The SMILES string of the molecule is Cc1ncc2c(c1C)CN(C(=O)O)C2. The van der Waals surface area contributed by atoms with Crippen LogP contribution in [0.2, 0.25) is 0 Å². The number of fused-ring (bicyclic) bond motifs is 1. The summed E-state index contributed by atoms with van der Waals surface area (Å²) in [5, 5.41) is 8.85. The molecule has 14 heavy (non-hydrogen) atoms. The molecule has 2 heterocycles. The summed E-state index contributed by atoms with van der Waals surface area (Å²) >= 11 is 0. The molecular formula is C10H12N2O2. The summed E-state index contributed by atoms with van der Waals surface area (Å²) in [4.78, 5) is 16.4. The lowest BCUT2D eigenvalue weighted by atomic mass is 10.1. The van der Waals surface area contributed by atoms with Crippen molar-refractivity contribution in [3.8, 4) is 0 Å². The van der Waals surface area contributed by atoms with Crippen molar-refractivity contribution in [3.63, 3.8) is 0 Å². The van der Waals surface area contributed by atoms with Crippen LogP contribution in [0, 0.1) is 13.8 Å². The monoisotopic (exact) mass is 192 g/mol. The van der Waals surface area contributed by atoms with Crippen LogP contribution in [0.4, 0.5) is 4.79 Å². The topological polar surface area (TPSA) is 53.4 Å². The predicted molar refractivity (Wildman–Crippen MR) is 51.0 cm³/mol. The van der Waals surface area contributed by atoms with Gasteiger partial charge < -0.3 is 5.11 Å². The van der Waals surface area contributed by atoms with E-state index >= 15 is 0 Å². The highest BCUT2D eigenvalue weighted by Crippen LogP contribution is 2.25. The van der Waals surface area contributed by atoms with Crippen LogP contribution in [0.3, 0.4) is 0 Å². The molecule has 0 radical (unpaired) electrons. The molecular weight excluding hydrogens is 180 g/mol. The second kappa shape index (κ2) is 2.97. The Morgan fingerprint density at radius 1 is 1.50 bits per heavy atom. The van der Waals surface area contributed by atoms with E-state index in [0.717, 1.165) is 22.4 Å². The summed E-state index contributed by atoms with van der Waals surface area (Å²) in [7, 11) is 0. The lowest BCUT2D eigenvalue weighted by Gasteiger charge is -2.09. The number of aryl methyl sites for hydroxylation is 1. The van der Waals surface area contributed by atoms with E-state index < -0.39 is 6.09 Å². The van der Waals surface area contributed by atoms with Crippen molar-refractivity contribution in [1.82, 2.24) is 9.88 Å². The fraction of sp³-hybridized carbons (Fsp3) is 0.400. The lowest BCUT2D eigenvalue weighted by molar-refractivity contribution is 0.145. The van der Waals surface area contributed by atoms with Gasteiger partial charge in [-0.15, -0.1) is 0 Å². The highest BCUT2D eigenvalue weighted by Gasteiger charge is 2.24. The molecule has 74 valence electrons. The number of aromatic nitrogens is 1. The Morgan fingerprint density at radius 3 is 2.86 bits per heavy atom. The fourth-order valence-corrected chi connectivity index (χ4v) is 1.75. The van der Waals surface area contributed by atoms with Gasteiger partial charge in [-0.2, -0.15) is 0 Å². The standard InChI is InChI=1S/C10H12N2O2/c1-6-7(2)11-3-8-4-12(10(13)14)5-9(6)8/h3H,4-5H2,1-2H3,(H,13,14). The first-order valence-electron chi connectivity index (χ1n) is 4.51. The third-order valence-electron chi connectivity index (χ3n) is 2.78. The molecule has 1 aliphatic rings. The van der Waals surface area contributed by atoms with Gasteiger partial charge in [-0.1, -0.05) is 0 Å². The molecule has 0 aliphatic carbocycles. The second-order valence-corrected chi connectivity index (χ2v) is 3.61. The molecule has 4 heteroatoms. The predicted octanol–water partition coefficient (Wildman–Crippen LogP) is 1.69. The molecule has 1 aromatic heterocycles. The number of carboxylic acid groups (broad SMARTS) is 1. The molecule has 0 bridgehead atoms. The van der Waals surface area contributed by atoms with E-state index in [1.54, 1.807) is 6.20 Å². The van der Waals surface area contributed by atoms with E-state index in [1.807, 2.05) is 13.8 Å². The Balaban J connectivity index is 2.40. The van der Waals surface area contributed by atoms with Gasteiger partial charge in [0.25, 0.3) is 0 Å². The third-order valence-corrected chi connectivity index (χ3v) is 2.78. The Bertz CT molecular complexity index is 401. The molecule has 1 N–H and O–H groups in total. The molecule has 0 saturated heterocycles. The molecule has 2 rings (SSSR count). The van der Waals surface area contributed by atoms with Crippen molar-refractivity contribution in [1.29, 1.82) is 0 Å². The molecule has 0 aromatic carbocycles. The molecule has 1 amide bonds. The van der Waals surface area contributed by atoms with Crippen LogP contribution in [-0.2, 0) is 13.1 Å². The van der Waals surface area contributed by atoms with Crippen LogP contribution < -0.4 is 0 Å². The van der Waals surface area contributed by atoms with Gasteiger partial charge in [0.05, 0.1) is 13.1 Å². The van der Waals surface area contributed by atoms with Gasteiger partial charge in [-0.05, 0) is 30.5 Å². The number of carbonyl (C=O) groups is 1.